The molecule has 0 fully saturated rings. The Morgan fingerprint density at radius 1 is 1.21 bits per heavy atom. The average molecular weight is 408 g/mol. The van der Waals surface area contributed by atoms with E-state index in [2.05, 4.69) is 10.1 Å². The number of benzene rings is 2. The minimum absolute atomic E-state index is 0.0100. The van der Waals surface area contributed by atoms with Crippen LogP contribution in [0.2, 0.25) is 0 Å². The maximum atomic E-state index is 13.7. The van der Waals surface area contributed by atoms with Gasteiger partial charge in [-0.05, 0) is 48.0 Å². The fraction of sp³-hybridized carbons (Fsp3) is 0.143. The number of hydrazone groups is 1. The smallest absolute Gasteiger partial charge is 0.283 e. The number of amides is 1. The number of rotatable bonds is 5. The lowest BCUT2D eigenvalue weighted by atomic mass is 10.1. The van der Waals surface area contributed by atoms with Crippen LogP contribution in [0.3, 0.4) is 0 Å². The molecule has 1 N–H and O–H groups in total. The summed E-state index contributed by atoms with van der Waals surface area (Å²) < 4.78 is 19.3. The van der Waals surface area contributed by atoms with E-state index < -0.39 is 5.91 Å². The molecule has 2 aromatic rings. The van der Waals surface area contributed by atoms with Gasteiger partial charge in [0.1, 0.15) is 23.2 Å². The van der Waals surface area contributed by atoms with Crippen molar-refractivity contribution in [1.82, 2.24) is 5.01 Å². The van der Waals surface area contributed by atoms with Crippen LogP contribution >= 0.6 is 11.8 Å². The van der Waals surface area contributed by atoms with Crippen LogP contribution in [0.4, 0.5) is 4.39 Å². The number of halogens is 1. The van der Waals surface area contributed by atoms with Gasteiger partial charge in [0.2, 0.25) is 5.17 Å². The number of nitrogens with zero attached hydrogens (tertiary/aromatic N) is 3. The van der Waals surface area contributed by atoms with Gasteiger partial charge < -0.3 is 4.74 Å². The minimum Gasteiger partial charge on any atom is -0.489 e. The van der Waals surface area contributed by atoms with Crippen LogP contribution in [-0.2, 0) is 11.4 Å². The monoisotopic (exact) mass is 408 g/mol. The lowest BCUT2D eigenvalue weighted by Gasteiger charge is -2.20. The Hall–Kier alpha value is -3.26. The first-order chi connectivity index (χ1) is 14.0. The van der Waals surface area contributed by atoms with E-state index in [0.29, 0.717) is 16.5 Å². The van der Waals surface area contributed by atoms with Gasteiger partial charge in [-0.3, -0.25) is 10.2 Å². The predicted octanol–water partition coefficient (Wildman–Crippen LogP) is 4.43. The van der Waals surface area contributed by atoms with Gasteiger partial charge in [0.25, 0.3) is 5.91 Å². The van der Waals surface area contributed by atoms with Gasteiger partial charge in [-0.25, -0.2) is 4.39 Å². The molecule has 146 valence electrons. The van der Waals surface area contributed by atoms with Crippen molar-refractivity contribution < 1.29 is 13.9 Å². The second-order valence-corrected chi connectivity index (χ2v) is 7.36. The Kier molecular flexibility index (Phi) is 5.26. The molecule has 0 unspecified atom stereocenters. The molecule has 0 atom stereocenters. The van der Waals surface area contributed by atoms with E-state index in [1.807, 2.05) is 6.92 Å². The van der Waals surface area contributed by atoms with Crippen molar-refractivity contribution in [2.45, 2.75) is 20.0 Å². The van der Waals surface area contributed by atoms with E-state index in [1.54, 1.807) is 48.5 Å². The first kappa shape index (κ1) is 19.1. The molecule has 0 saturated heterocycles. The van der Waals surface area contributed by atoms with Crippen LogP contribution in [0.5, 0.6) is 5.75 Å². The molecule has 0 spiro atoms. The number of thioether (sulfide) groups is 1. The molecule has 1 amide bonds. The highest BCUT2D eigenvalue weighted by Gasteiger charge is 2.34. The van der Waals surface area contributed by atoms with Crippen LogP contribution in [0.25, 0.3) is 6.08 Å². The number of hydrogen-bond acceptors (Lipinski definition) is 5. The number of ether oxygens (including phenoxy) is 1. The van der Waals surface area contributed by atoms with E-state index in [0.717, 1.165) is 17.0 Å². The number of fused-ring (bicyclic) bond motifs is 1. The normalized spacial score (nSPS) is 17.3. The highest BCUT2D eigenvalue weighted by atomic mass is 32.2. The van der Waals surface area contributed by atoms with Crippen molar-refractivity contribution in [2.24, 2.45) is 10.1 Å². The zero-order valence-electron chi connectivity index (χ0n) is 15.6. The van der Waals surface area contributed by atoms with E-state index in [4.69, 9.17) is 10.1 Å². The number of amidine groups is 2. The highest BCUT2D eigenvalue weighted by molar-refractivity contribution is 8.26. The predicted molar refractivity (Wildman–Crippen MR) is 112 cm³/mol. The van der Waals surface area contributed by atoms with Crippen LogP contribution in [0.15, 0.2) is 64.2 Å². The molecule has 0 aromatic heterocycles. The average Bonchev–Trinajstić information content (AvgIpc) is 3.15. The zero-order valence-corrected chi connectivity index (χ0v) is 16.4. The Labute approximate surface area is 171 Å². The molecule has 0 saturated carbocycles. The van der Waals surface area contributed by atoms with Gasteiger partial charge in [0.15, 0.2) is 5.84 Å². The van der Waals surface area contributed by atoms with Crippen molar-refractivity contribution in [3.63, 3.8) is 0 Å². The molecule has 29 heavy (non-hydrogen) atoms. The van der Waals surface area contributed by atoms with E-state index in [1.165, 1.54) is 22.8 Å². The standard InChI is InChI=1S/C21H17FN4O2S/c1-2-18-25-26-19(23)16(20(27)24-21(26)29-18)11-13-7-9-15(10-8-13)28-12-14-5-3-4-6-17(14)22/h3-11,23H,2,12H2,1H3/b16-11-,23-19?. The summed E-state index contributed by atoms with van der Waals surface area (Å²) in [4.78, 5) is 16.4. The maximum absolute atomic E-state index is 13.7. The van der Waals surface area contributed by atoms with Gasteiger partial charge in [-0.2, -0.15) is 15.1 Å². The van der Waals surface area contributed by atoms with Gasteiger partial charge in [-0.15, -0.1) is 0 Å². The number of hydrogen-bond donors (Lipinski definition) is 1. The second-order valence-electron chi connectivity index (χ2n) is 6.32. The van der Waals surface area contributed by atoms with Gasteiger partial charge in [0.05, 0.1) is 5.57 Å². The molecule has 2 aliphatic heterocycles. The molecule has 8 heteroatoms. The van der Waals surface area contributed by atoms with E-state index >= 15 is 0 Å². The maximum Gasteiger partial charge on any atom is 0.283 e. The molecule has 0 radical (unpaired) electrons. The van der Waals surface area contributed by atoms with Crippen LogP contribution < -0.4 is 4.74 Å². The molecular weight excluding hydrogens is 391 g/mol. The van der Waals surface area contributed by atoms with Crippen LogP contribution in [0, 0.1) is 11.2 Å². The Bertz CT molecular complexity index is 1080. The summed E-state index contributed by atoms with van der Waals surface area (Å²) in [6.45, 7) is 2.08. The second kappa shape index (κ2) is 8.00. The summed E-state index contributed by atoms with van der Waals surface area (Å²) in [7, 11) is 0. The van der Waals surface area contributed by atoms with Gasteiger partial charge >= 0.3 is 0 Å². The van der Waals surface area contributed by atoms with Crippen molar-refractivity contribution in [3.05, 3.63) is 71.0 Å². The molecule has 2 aromatic carbocycles. The summed E-state index contributed by atoms with van der Waals surface area (Å²) in [6.07, 6.45) is 2.32. The molecule has 2 heterocycles. The zero-order chi connectivity index (χ0) is 20.4. The van der Waals surface area contributed by atoms with Gasteiger partial charge in [-0.1, -0.05) is 37.3 Å². The molecule has 4 rings (SSSR count). The molecule has 6 nitrogen and oxygen atoms in total. The van der Waals surface area contributed by atoms with Gasteiger partial charge in [0, 0.05) is 5.56 Å². The van der Waals surface area contributed by atoms with Crippen LogP contribution in [-0.4, -0.2) is 27.0 Å². The molecular formula is C21H17FN4O2S. The highest BCUT2D eigenvalue weighted by Crippen LogP contribution is 2.29. The fourth-order valence-electron chi connectivity index (χ4n) is 2.78. The molecule has 0 bridgehead atoms. The summed E-state index contributed by atoms with van der Waals surface area (Å²) >= 11 is 1.31. The third kappa shape index (κ3) is 3.97. The molecule has 0 aliphatic carbocycles. The molecule has 2 aliphatic rings. The number of nitrogens with one attached hydrogen (secondary N) is 1. The van der Waals surface area contributed by atoms with Crippen molar-refractivity contribution in [1.29, 1.82) is 5.41 Å². The van der Waals surface area contributed by atoms with Crippen molar-refractivity contribution in [3.8, 4) is 5.75 Å². The number of carbonyl (C=O) groups excluding carboxylic acids is 1. The summed E-state index contributed by atoms with van der Waals surface area (Å²) in [5.41, 5.74) is 1.38. The van der Waals surface area contributed by atoms with Crippen LogP contribution in [0.1, 0.15) is 24.5 Å². The Morgan fingerprint density at radius 2 is 1.97 bits per heavy atom. The SMILES string of the molecule is CCC1=NN2C(=N)/C(=C/c3ccc(OCc4ccccc4F)cc3)C(=O)N=C2S1. The Morgan fingerprint density at radius 3 is 2.69 bits per heavy atom. The van der Waals surface area contributed by atoms with Crippen molar-refractivity contribution >= 4 is 39.8 Å². The largest absolute Gasteiger partial charge is 0.489 e. The third-order valence-corrected chi connectivity index (χ3v) is 5.39. The minimum atomic E-state index is -0.457. The fourth-order valence-corrected chi connectivity index (χ4v) is 3.60. The quantitative estimate of drug-likeness (QED) is 0.742. The lowest BCUT2D eigenvalue weighted by Crippen LogP contribution is -2.35. The third-order valence-electron chi connectivity index (χ3n) is 4.34. The van der Waals surface area contributed by atoms with E-state index in [9.17, 15) is 9.18 Å². The summed E-state index contributed by atoms with van der Waals surface area (Å²) in [6, 6.07) is 13.5. The lowest BCUT2D eigenvalue weighted by molar-refractivity contribution is -0.114. The van der Waals surface area contributed by atoms with E-state index in [-0.39, 0.29) is 23.8 Å². The topological polar surface area (TPSA) is 78.1 Å². The summed E-state index contributed by atoms with van der Waals surface area (Å²) in [5.74, 6) is -0.178. The first-order valence-electron chi connectivity index (χ1n) is 9.00. The first-order valence-corrected chi connectivity index (χ1v) is 9.82. The number of aliphatic imine (C=N–C) groups is 1. The van der Waals surface area contributed by atoms with Crippen molar-refractivity contribution in [2.75, 3.05) is 0 Å². The number of carbonyl (C=O) groups is 1. The Balaban J connectivity index is 1.49. The summed E-state index contributed by atoms with van der Waals surface area (Å²) in [5, 5.41) is 15.3.